The lowest BCUT2D eigenvalue weighted by molar-refractivity contribution is 0.348. The van der Waals surface area contributed by atoms with Gasteiger partial charge in [-0.05, 0) is 58.9 Å². The van der Waals surface area contributed by atoms with Gasteiger partial charge in [0.1, 0.15) is 0 Å². The van der Waals surface area contributed by atoms with E-state index in [1.165, 1.54) is 25.0 Å². The molecule has 0 aromatic carbocycles. The van der Waals surface area contributed by atoms with Crippen LogP contribution in [0.15, 0.2) is 12.3 Å². The SMILES string of the molecule is CCCNC(CCc1ccnn1C)CCN(C)C. The molecule has 4 heteroatoms. The number of nitrogens with one attached hydrogen (secondary N) is 1. The van der Waals surface area contributed by atoms with Gasteiger partial charge in [-0.25, -0.2) is 0 Å². The van der Waals surface area contributed by atoms with Crippen LogP contribution in [-0.2, 0) is 13.5 Å². The van der Waals surface area contributed by atoms with E-state index in [1.807, 2.05) is 17.9 Å². The molecular weight excluding hydrogens is 224 g/mol. The third kappa shape index (κ3) is 5.65. The number of hydrogen-bond donors (Lipinski definition) is 1. The summed E-state index contributed by atoms with van der Waals surface area (Å²) in [5.41, 5.74) is 1.32. The van der Waals surface area contributed by atoms with Gasteiger partial charge in [-0.1, -0.05) is 6.92 Å². The molecule has 0 fully saturated rings. The van der Waals surface area contributed by atoms with Crippen molar-refractivity contribution in [1.82, 2.24) is 20.0 Å². The first-order valence-electron chi connectivity index (χ1n) is 6.98. The Morgan fingerprint density at radius 2 is 2.17 bits per heavy atom. The Morgan fingerprint density at radius 3 is 2.72 bits per heavy atom. The second kappa shape index (κ2) is 8.27. The Bertz CT molecular complexity index is 319. The standard InChI is InChI=1S/C14H28N4/c1-5-10-15-13(9-12-17(2)3)6-7-14-8-11-16-18(14)4/h8,11,13,15H,5-7,9-10,12H2,1-4H3. The Morgan fingerprint density at radius 1 is 1.39 bits per heavy atom. The van der Waals surface area contributed by atoms with Crippen molar-refractivity contribution in [3.63, 3.8) is 0 Å². The molecule has 1 rings (SSSR count). The molecule has 1 N–H and O–H groups in total. The summed E-state index contributed by atoms with van der Waals surface area (Å²) in [4.78, 5) is 2.25. The van der Waals surface area contributed by atoms with E-state index in [-0.39, 0.29) is 0 Å². The van der Waals surface area contributed by atoms with Gasteiger partial charge in [0.05, 0.1) is 0 Å². The number of hydrogen-bond acceptors (Lipinski definition) is 3. The molecule has 0 amide bonds. The Hall–Kier alpha value is -0.870. The molecule has 0 saturated carbocycles. The third-order valence-electron chi connectivity index (χ3n) is 3.28. The van der Waals surface area contributed by atoms with E-state index in [0.717, 1.165) is 19.5 Å². The highest BCUT2D eigenvalue weighted by Crippen LogP contribution is 2.07. The summed E-state index contributed by atoms with van der Waals surface area (Å²) in [6.07, 6.45) is 6.58. The van der Waals surface area contributed by atoms with E-state index >= 15 is 0 Å². The molecule has 0 aliphatic heterocycles. The molecule has 0 aliphatic carbocycles. The van der Waals surface area contributed by atoms with Gasteiger partial charge in [0.15, 0.2) is 0 Å². The van der Waals surface area contributed by atoms with E-state index in [4.69, 9.17) is 0 Å². The Balaban J connectivity index is 2.37. The van der Waals surface area contributed by atoms with Crippen LogP contribution < -0.4 is 5.32 Å². The second-order valence-electron chi connectivity index (χ2n) is 5.23. The van der Waals surface area contributed by atoms with E-state index in [0.29, 0.717) is 6.04 Å². The summed E-state index contributed by atoms with van der Waals surface area (Å²) in [5.74, 6) is 0. The number of aromatic nitrogens is 2. The zero-order valence-corrected chi connectivity index (χ0v) is 12.3. The highest BCUT2D eigenvalue weighted by atomic mass is 15.2. The van der Waals surface area contributed by atoms with Crippen LogP contribution in [0, 0.1) is 0 Å². The fourth-order valence-electron chi connectivity index (χ4n) is 2.08. The van der Waals surface area contributed by atoms with Crippen LogP contribution in [0.25, 0.3) is 0 Å². The van der Waals surface area contributed by atoms with Crippen molar-refractivity contribution < 1.29 is 0 Å². The minimum atomic E-state index is 0.613. The van der Waals surface area contributed by atoms with Crippen LogP contribution in [0.3, 0.4) is 0 Å². The monoisotopic (exact) mass is 252 g/mol. The van der Waals surface area contributed by atoms with E-state index in [9.17, 15) is 0 Å². The van der Waals surface area contributed by atoms with Crippen LogP contribution in [0.2, 0.25) is 0 Å². The van der Waals surface area contributed by atoms with Gasteiger partial charge in [0.2, 0.25) is 0 Å². The molecule has 104 valence electrons. The second-order valence-corrected chi connectivity index (χ2v) is 5.23. The maximum Gasteiger partial charge on any atom is 0.0492 e. The minimum absolute atomic E-state index is 0.613. The topological polar surface area (TPSA) is 33.1 Å². The average Bonchev–Trinajstić information content (AvgIpc) is 2.74. The highest BCUT2D eigenvalue weighted by molar-refractivity contribution is 5.00. The average molecular weight is 252 g/mol. The maximum absolute atomic E-state index is 4.22. The first kappa shape index (κ1) is 15.2. The van der Waals surface area contributed by atoms with Crippen molar-refractivity contribution in [3.8, 4) is 0 Å². The summed E-state index contributed by atoms with van der Waals surface area (Å²) in [6, 6.07) is 2.73. The molecule has 0 radical (unpaired) electrons. The van der Waals surface area contributed by atoms with Crippen molar-refractivity contribution in [2.24, 2.45) is 7.05 Å². The van der Waals surface area contributed by atoms with Crippen molar-refractivity contribution >= 4 is 0 Å². The van der Waals surface area contributed by atoms with E-state index < -0.39 is 0 Å². The van der Waals surface area contributed by atoms with Crippen molar-refractivity contribution in [3.05, 3.63) is 18.0 Å². The summed E-state index contributed by atoms with van der Waals surface area (Å²) in [6.45, 7) is 4.48. The molecule has 18 heavy (non-hydrogen) atoms. The summed E-state index contributed by atoms with van der Waals surface area (Å²) >= 11 is 0. The van der Waals surface area contributed by atoms with Crippen LogP contribution >= 0.6 is 0 Å². The normalized spacial score (nSPS) is 13.2. The van der Waals surface area contributed by atoms with E-state index in [1.54, 1.807) is 0 Å². The number of rotatable bonds is 9. The quantitative estimate of drug-likeness (QED) is 0.726. The van der Waals surface area contributed by atoms with Crippen LogP contribution in [-0.4, -0.2) is 47.9 Å². The van der Waals surface area contributed by atoms with Crippen molar-refractivity contribution in [1.29, 1.82) is 0 Å². The predicted octanol–water partition coefficient (Wildman–Crippen LogP) is 1.67. The molecule has 1 unspecified atom stereocenters. The molecular formula is C14H28N4. The Labute approximate surface area is 111 Å². The van der Waals surface area contributed by atoms with Gasteiger partial charge in [-0.3, -0.25) is 4.68 Å². The Kier molecular flexibility index (Phi) is 6.98. The maximum atomic E-state index is 4.22. The zero-order valence-electron chi connectivity index (χ0n) is 12.3. The molecule has 4 nitrogen and oxygen atoms in total. The lowest BCUT2D eigenvalue weighted by Crippen LogP contribution is -2.33. The van der Waals surface area contributed by atoms with Gasteiger partial charge in [0, 0.05) is 25.0 Å². The molecule has 0 spiro atoms. The number of aryl methyl sites for hydroxylation is 2. The molecule has 0 aliphatic rings. The summed E-state index contributed by atoms with van der Waals surface area (Å²) in [5, 5.41) is 7.87. The minimum Gasteiger partial charge on any atom is -0.314 e. The first-order chi connectivity index (χ1) is 8.63. The van der Waals surface area contributed by atoms with Gasteiger partial charge in [0.25, 0.3) is 0 Å². The largest absolute Gasteiger partial charge is 0.314 e. The lowest BCUT2D eigenvalue weighted by Gasteiger charge is -2.20. The van der Waals surface area contributed by atoms with E-state index in [2.05, 4.69) is 42.4 Å². The van der Waals surface area contributed by atoms with Gasteiger partial charge < -0.3 is 10.2 Å². The lowest BCUT2D eigenvalue weighted by atomic mass is 10.1. The summed E-state index contributed by atoms with van der Waals surface area (Å²) < 4.78 is 1.98. The fourth-order valence-corrected chi connectivity index (χ4v) is 2.08. The van der Waals surface area contributed by atoms with Gasteiger partial charge in [-0.15, -0.1) is 0 Å². The highest BCUT2D eigenvalue weighted by Gasteiger charge is 2.09. The van der Waals surface area contributed by atoms with Crippen LogP contribution in [0.1, 0.15) is 31.9 Å². The molecule has 1 aromatic rings. The molecule has 0 saturated heterocycles. The van der Waals surface area contributed by atoms with Crippen LogP contribution in [0.5, 0.6) is 0 Å². The van der Waals surface area contributed by atoms with Crippen molar-refractivity contribution in [2.45, 2.75) is 38.6 Å². The van der Waals surface area contributed by atoms with Crippen LogP contribution in [0.4, 0.5) is 0 Å². The molecule has 1 atom stereocenters. The number of nitrogens with zero attached hydrogens (tertiary/aromatic N) is 3. The molecule has 1 aromatic heterocycles. The third-order valence-corrected chi connectivity index (χ3v) is 3.28. The van der Waals surface area contributed by atoms with Gasteiger partial charge in [-0.2, -0.15) is 5.10 Å². The zero-order chi connectivity index (χ0) is 13.4. The van der Waals surface area contributed by atoms with Gasteiger partial charge >= 0.3 is 0 Å². The summed E-state index contributed by atoms with van der Waals surface area (Å²) in [7, 11) is 6.29. The predicted molar refractivity (Wildman–Crippen MR) is 76.8 cm³/mol. The first-order valence-corrected chi connectivity index (χ1v) is 6.98. The van der Waals surface area contributed by atoms with Crippen molar-refractivity contribution in [2.75, 3.05) is 27.2 Å². The fraction of sp³-hybridized carbons (Fsp3) is 0.786. The smallest absolute Gasteiger partial charge is 0.0492 e. The molecule has 1 heterocycles. The molecule has 0 bridgehead atoms.